The van der Waals surface area contributed by atoms with Crippen LogP contribution < -0.4 is 0 Å². The van der Waals surface area contributed by atoms with Crippen molar-refractivity contribution in [3.63, 3.8) is 0 Å². The molecule has 8 heteroatoms. The van der Waals surface area contributed by atoms with Crippen molar-refractivity contribution in [2.24, 2.45) is 0 Å². The Labute approximate surface area is 207 Å². The van der Waals surface area contributed by atoms with Gasteiger partial charge in [0.25, 0.3) is 0 Å². The van der Waals surface area contributed by atoms with E-state index in [1.165, 1.54) is 23.8 Å². The van der Waals surface area contributed by atoms with Crippen LogP contribution in [-0.2, 0) is 20.8 Å². The van der Waals surface area contributed by atoms with Crippen molar-refractivity contribution in [2.75, 3.05) is 26.3 Å². The van der Waals surface area contributed by atoms with Gasteiger partial charge in [-0.15, -0.1) is 0 Å². The minimum atomic E-state index is -0.620. The lowest BCUT2D eigenvalue weighted by Gasteiger charge is -2.45. The summed E-state index contributed by atoms with van der Waals surface area (Å²) in [6, 6.07) is 12.0. The molecule has 2 saturated heterocycles. The monoisotopic (exact) mass is 525 g/mol. The second-order valence-corrected chi connectivity index (χ2v) is 10.4. The topological polar surface area (TPSA) is 65.8 Å². The Morgan fingerprint density at radius 1 is 1.15 bits per heavy atom. The predicted molar refractivity (Wildman–Crippen MR) is 131 cm³/mol. The van der Waals surface area contributed by atoms with Crippen molar-refractivity contribution in [3.05, 3.63) is 64.4 Å². The summed E-state index contributed by atoms with van der Waals surface area (Å²) in [6.45, 7) is 2.56. The Bertz CT molecular complexity index is 1180. The van der Waals surface area contributed by atoms with Crippen LogP contribution in [0.15, 0.2) is 53.3 Å². The summed E-state index contributed by atoms with van der Waals surface area (Å²) in [5.74, 6) is 0.0217. The van der Waals surface area contributed by atoms with Crippen molar-refractivity contribution in [3.8, 4) is 0 Å². The molecule has 1 aromatic carbocycles. The molecule has 3 aromatic rings. The molecule has 178 valence electrons. The number of pyridine rings is 1. The Morgan fingerprint density at radius 2 is 1.88 bits per heavy atom. The maximum absolute atomic E-state index is 12.5. The van der Waals surface area contributed by atoms with Gasteiger partial charge in [0.05, 0.1) is 19.3 Å². The molecular formula is C26H28BrN3O4. The maximum Gasteiger partial charge on any atom is 0.410 e. The Hall–Kier alpha value is -2.42. The molecule has 4 heterocycles. The fraction of sp³-hybridized carbons (Fsp3) is 0.462. The van der Waals surface area contributed by atoms with Crippen LogP contribution in [0.2, 0.25) is 0 Å². The van der Waals surface area contributed by atoms with E-state index >= 15 is 0 Å². The molecule has 1 saturated carbocycles. The van der Waals surface area contributed by atoms with Gasteiger partial charge in [-0.1, -0.05) is 30.3 Å². The van der Waals surface area contributed by atoms with Crippen LogP contribution in [0, 0.1) is 0 Å². The maximum atomic E-state index is 12.5. The minimum absolute atomic E-state index is 0.0863. The van der Waals surface area contributed by atoms with Crippen LogP contribution >= 0.6 is 15.9 Å². The molecule has 7 nitrogen and oxygen atoms in total. The van der Waals surface area contributed by atoms with Gasteiger partial charge in [-0.25, -0.2) is 9.78 Å². The number of nitrogens with zero attached hydrogens (tertiary/aromatic N) is 3. The molecule has 0 bridgehead atoms. The molecule has 1 amide bonds. The number of carbonyl (C=O) groups excluding carboxylic acids is 1. The lowest BCUT2D eigenvalue weighted by atomic mass is 10.0. The number of fused-ring (bicyclic) bond motifs is 1. The highest BCUT2D eigenvalue weighted by atomic mass is 79.9. The van der Waals surface area contributed by atoms with E-state index in [0.29, 0.717) is 45.1 Å². The van der Waals surface area contributed by atoms with Gasteiger partial charge in [0.15, 0.2) is 5.79 Å². The van der Waals surface area contributed by atoms with Crippen LogP contribution in [0.4, 0.5) is 4.79 Å². The van der Waals surface area contributed by atoms with Gasteiger partial charge in [-0.05, 0) is 51.9 Å². The molecule has 3 aliphatic rings. The third-order valence-electron chi connectivity index (χ3n) is 7.14. The Kier molecular flexibility index (Phi) is 5.83. The first-order valence-electron chi connectivity index (χ1n) is 12.0. The SMILES string of the molecule is O=C(OCc1ccccc1)N1CCC2(CC1)OCC(n1cc(C3CC3)c3cc(Br)cnc31)CO2. The normalized spacial score (nSPS) is 20.7. The van der Waals surface area contributed by atoms with E-state index < -0.39 is 5.79 Å². The van der Waals surface area contributed by atoms with Crippen molar-refractivity contribution >= 4 is 33.1 Å². The zero-order chi connectivity index (χ0) is 23.1. The largest absolute Gasteiger partial charge is 0.445 e. The number of halogens is 1. The zero-order valence-corrected chi connectivity index (χ0v) is 20.6. The number of carbonyl (C=O) groups is 1. The third-order valence-corrected chi connectivity index (χ3v) is 7.58. The number of hydrogen-bond donors (Lipinski definition) is 0. The first-order valence-corrected chi connectivity index (χ1v) is 12.8. The van der Waals surface area contributed by atoms with E-state index in [9.17, 15) is 4.79 Å². The number of likely N-dealkylation sites (tertiary alicyclic amines) is 1. The molecule has 3 fully saturated rings. The second kappa shape index (κ2) is 8.98. The minimum Gasteiger partial charge on any atom is -0.445 e. The van der Waals surface area contributed by atoms with Crippen LogP contribution in [0.3, 0.4) is 0 Å². The van der Waals surface area contributed by atoms with Gasteiger partial charge in [0.2, 0.25) is 0 Å². The summed E-state index contributed by atoms with van der Waals surface area (Å²) >= 11 is 3.57. The second-order valence-electron chi connectivity index (χ2n) is 9.50. The van der Waals surface area contributed by atoms with Crippen LogP contribution in [0.25, 0.3) is 11.0 Å². The average molecular weight is 526 g/mol. The van der Waals surface area contributed by atoms with E-state index in [1.54, 1.807) is 4.90 Å². The van der Waals surface area contributed by atoms with Crippen LogP contribution in [-0.4, -0.2) is 52.6 Å². The quantitative estimate of drug-likeness (QED) is 0.456. The number of ether oxygens (including phenoxy) is 3. The molecule has 1 aliphatic carbocycles. The van der Waals surface area contributed by atoms with E-state index in [2.05, 4.69) is 32.8 Å². The molecule has 2 aliphatic heterocycles. The van der Waals surface area contributed by atoms with E-state index in [-0.39, 0.29) is 18.7 Å². The van der Waals surface area contributed by atoms with Gasteiger partial charge in [-0.3, -0.25) is 0 Å². The van der Waals surface area contributed by atoms with Crippen molar-refractivity contribution in [1.29, 1.82) is 0 Å². The highest BCUT2D eigenvalue weighted by Gasteiger charge is 2.42. The number of piperidine rings is 1. The smallest absolute Gasteiger partial charge is 0.410 e. The number of aromatic nitrogens is 2. The standard InChI is InChI=1S/C26H28BrN3O4/c27-20-12-22-23(19-6-7-19)14-30(24(22)28-13-20)21-16-33-26(34-17-21)8-10-29(11-9-26)25(31)32-15-18-4-2-1-3-5-18/h1-5,12-14,19,21H,6-11,15-17H2. The molecule has 0 atom stereocenters. The van der Waals surface area contributed by atoms with E-state index in [4.69, 9.17) is 19.2 Å². The lowest BCUT2D eigenvalue weighted by molar-refractivity contribution is -0.293. The zero-order valence-electron chi connectivity index (χ0n) is 19.0. The summed E-state index contributed by atoms with van der Waals surface area (Å²) in [5, 5.41) is 1.22. The van der Waals surface area contributed by atoms with Crippen molar-refractivity contribution in [2.45, 2.75) is 50.0 Å². The van der Waals surface area contributed by atoms with Gasteiger partial charge in [0.1, 0.15) is 12.3 Å². The molecule has 0 radical (unpaired) electrons. The fourth-order valence-electron chi connectivity index (χ4n) is 5.00. The van der Waals surface area contributed by atoms with Crippen molar-refractivity contribution < 1.29 is 19.0 Å². The number of rotatable bonds is 4. The van der Waals surface area contributed by atoms with E-state index in [1.807, 2.05) is 36.5 Å². The highest BCUT2D eigenvalue weighted by Crippen LogP contribution is 2.45. The summed E-state index contributed by atoms with van der Waals surface area (Å²) in [4.78, 5) is 19.0. The van der Waals surface area contributed by atoms with Gasteiger partial charge in [0, 0.05) is 48.2 Å². The van der Waals surface area contributed by atoms with Crippen LogP contribution in [0.1, 0.15) is 48.8 Å². The van der Waals surface area contributed by atoms with Crippen LogP contribution in [0.5, 0.6) is 0 Å². The first-order chi connectivity index (χ1) is 16.6. The summed E-state index contributed by atoms with van der Waals surface area (Å²) in [5.41, 5.74) is 3.36. The summed E-state index contributed by atoms with van der Waals surface area (Å²) < 4.78 is 21.4. The fourth-order valence-corrected chi connectivity index (χ4v) is 5.34. The Morgan fingerprint density at radius 3 is 2.59 bits per heavy atom. The molecule has 6 rings (SSSR count). The summed E-state index contributed by atoms with van der Waals surface area (Å²) in [6.07, 6.45) is 7.61. The number of amides is 1. The van der Waals surface area contributed by atoms with E-state index in [0.717, 1.165) is 15.7 Å². The molecule has 0 N–H and O–H groups in total. The van der Waals surface area contributed by atoms with Gasteiger partial charge >= 0.3 is 6.09 Å². The third kappa shape index (κ3) is 4.34. The Balaban J connectivity index is 1.07. The molecule has 34 heavy (non-hydrogen) atoms. The molecular weight excluding hydrogens is 498 g/mol. The number of benzene rings is 1. The highest BCUT2D eigenvalue weighted by molar-refractivity contribution is 9.10. The summed E-state index contributed by atoms with van der Waals surface area (Å²) in [7, 11) is 0. The lowest BCUT2D eigenvalue weighted by Crippen LogP contribution is -2.53. The average Bonchev–Trinajstić information content (AvgIpc) is 3.65. The molecule has 0 unspecified atom stereocenters. The predicted octanol–water partition coefficient (Wildman–Crippen LogP) is 5.39. The number of hydrogen-bond acceptors (Lipinski definition) is 5. The molecule has 2 aromatic heterocycles. The van der Waals surface area contributed by atoms with Crippen molar-refractivity contribution in [1.82, 2.24) is 14.5 Å². The first kappa shape index (κ1) is 22.1. The van der Waals surface area contributed by atoms with Gasteiger partial charge < -0.3 is 23.7 Å². The van der Waals surface area contributed by atoms with Gasteiger partial charge in [-0.2, -0.15) is 0 Å². The molecule has 1 spiro atoms.